The molecule has 1 atom stereocenters. The Kier molecular flexibility index (Phi) is 4.20. The molecule has 1 N–H and O–H groups in total. The third kappa shape index (κ3) is 3.21. The average Bonchev–Trinajstić information content (AvgIpc) is 2.67. The summed E-state index contributed by atoms with van der Waals surface area (Å²) in [6.07, 6.45) is 0. The molecule has 2 heteroatoms. The second-order valence-electron chi connectivity index (χ2n) is 4.96. The van der Waals surface area contributed by atoms with Gasteiger partial charge in [0.05, 0.1) is 0 Å². The van der Waals surface area contributed by atoms with Gasteiger partial charge in [0.25, 0.3) is 0 Å². The van der Waals surface area contributed by atoms with Gasteiger partial charge in [0.2, 0.25) is 0 Å². The lowest BCUT2D eigenvalue weighted by atomic mass is 10.1. The molecule has 0 fully saturated rings. The molecule has 1 heterocycles. The molecular weight excluding hydrogens is 238 g/mol. The maximum Gasteiger partial charge on any atom is 0.0305 e. The molecule has 0 amide bonds. The Balaban J connectivity index is 1.98. The first kappa shape index (κ1) is 13.3. The van der Waals surface area contributed by atoms with E-state index < -0.39 is 0 Å². The topological polar surface area (TPSA) is 12.0 Å². The molecule has 18 heavy (non-hydrogen) atoms. The van der Waals surface area contributed by atoms with Crippen molar-refractivity contribution < 1.29 is 0 Å². The first-order valence-electron chi connectivity index (χ1n) is 6.42. The summed E-state index contributed by atoms with van der Waals surface area (Å²) in [7, 11) is 0. The Morgan fingerprint density at radius 3 is 2.33 bits per heavy atom. The highest BCUT2D eigenvalue weighted by atomic mass is 32.1. The molecule has 0 bridgehead atoms. The quantitative estimate of drug-likeness (QED) is 0.851. The van der Waals surface area contributed by atoms with Gasteiger partial charge < -0.3 is 5.32 Å². The number of thiophene rings is 1. The van der Waals surface area contributed by atoms with Crippen molar-refractivity contribution in [1.29, 1.82) is 0 Å². The average molecular weight is 259 g/mol. The summed E-state index contributed by atoms with van der Waals surface area (Å²) in [5.74, 6) is 0. The van der Waals surface area contributed by atoms with Crippen molar-refractivity contribution in [3.63, 3.8) is 0 Å². The van der Waals surface area contributed by atoms with Crippen molar-refractivity contribution in [3.05, 3.63) is 56.8 Å². The van der Waals surface area contributed by atoms with Crippen LogP contribution in [0.3, 0.4) is 0 Å². The molecule has 0 aliphatic carbocycles. The third-order valence-electron chi connectivity index (χ3n) is 3.28. The summed E-state index contributed by atoms with van der Waals surface area (Å²) < 4.78 is 0. The molecule has 0 radical (unpaired) electrons. The van der Waals surface area contributed by atoms with Gasteiger partial charge in [-0.3, -0.25) is 0 Å². The second kappa shape index (κ2) is 5.68. The van der Waals surface area contributed by atoms with Crippen LogP contribution in [-0.2, 0) is 6.54 Å². The molecule has 2 aromatic rings. The van der Waals surface area contributed by atoms with Gasteiger partial charge in [-0.1, -0.05) is 29.8 Å². The lowest BCUT2D eigenvalue weighted by Gasteiger charge is -2.14. The number of aryl methyl sites for hydroxylation is 3. The zero-order chi connectivity index (χ0) is 13.1. The Morgan fingerprint density at radius 1 is 1.11 bits per heavy atom. The molecule has 0 saturated heterocycles. The Morgan fingerprint density at radius 2 is 1.78 bits per heavy atom. The fourth-order valence-electron chi connectivity index (χ4n) is 2.17. The molecule has 1 aromatic heterocycles. The number of hydrogen-bond donors (Lipinski definition) is 1. The van der Waals surface area contributed by atoms with E-state index in [0.29, 0.717) is 6.04 Å². The standard InChI is InChI=1S/C16H21NS/c1-11-5-7-15(8-6-11)10-17-13(3)16-9-12(2)18-14(16)4/h5-9,13,17H,10H2,1-4H3. The minimum atomic E-state index is 0.413. The Hall–Kier alpha value is -1.12. The predicted molar refractivity (Wildman–Crippen MR) is 80.2 cm³/mol. The lowest BCUT2D eigenvalue weighted by molar-refractivity contribution is 0.574. The zero-order valence-electron chi connectivity index (χ0n) is 11.6. The van der Waals surface area contributed by atoms with E-state index in [1.807, 2.05) is 11.3 Å². The monoisotopic (exact) mass is 259 g/mol. The predicted octanol–water partition coefficient (Wildman–Crippen LogP) is 4.52. The molecule has 0 aliphatic rings. The summed E-state index contributed by atoms with van der Waals surface area (Å²) in [6.45, 7) is 9.67. The maximum absolute atomic E-state index is 3.60. The van der Waals surface area contributed by atoms with Crippen molar-refractivity contribution in [2.75, 3.05) is 0 Å². The highest BCUT2D eigenvalue weighted by Gasteiger charge is 2.10. The zero-order valence-corrected chi connectivity index (χ0v) is 12.4. The number of rotatable bonds is 4. The van der Waals surface area contributed by atoms with Crippen LogP contribution < -0.4 is 5.32 Å². The molecule has 1 unspecified atom stereocenters. The largest absolute Gasteiger partial charge is 0.306 e. The van der Waals surface area contributed by atoms with Gasteiger partial charge >= 0.3 is 0 Å². The maximum atomic E-state index is 3.60. The summed E-state index contributed by atoms with van der Waals surface area (Å²) in [5.41, 5.74) is 4.10. The first-order chi connectivity index (χ1) is 8.56. The van der Waals surface area contributed by atoms with Gasteiger partial charge in [-0.05, 0) is 44.9 Å². The summed E-state index contributed by atoms with van der Waals surface area (Å²) in [6, 6.07) is 11.4. The van der Waals surface area contributed by atoms with E-state index in [1.54, 1.807) is 0 Å². The minimum Gasteiger partial charge on any atom is -0.306 e. The van der Waals surface area contributed by atoms with Crippen LogP contribution in [0.1, 0.15) is 39.4 Å². The third-order valence-corrected chi connectivity index (χ3v) is 4.26. The minimum absolute atomic E-state index is 0.413. The summed E-state index contributed by atoms with van der Waals surface area (Å²) >= 11 is 1.88. The first-order valence-corrected chi connectivity index (χ1v) is 7.24. The van der Waals surface area contributed by atoms with Crippen LogP contribution in [0.15, 0.2) is 30.3 Å². The molecule has 1 aromatic carbocycles. The van der Waals surface area contributed by atoms with E-state index in [9.17, 15) is 0 Å². The molecule has 2 rings (SSSR count). The lowest BCUT2D eigenvalue weighted by Crippen LogP contribution is -2.18. The second-order valence-corrected chi connectivity index (χ2v) is 6.42. The van der Waals surface area contributed by atoms with Crippen molar-refractivity contribution in [3.8, 4) is 0 Å². The van der Waals surface area contributed by atoms with E-state index in [4.69, 9.17) is 0 Å². The van der Waals surface area contributed by atoms with Crippen LogP contribution in [-0.4, -0.2) is 0 Å². The summed E-state index contributed by atoms with van der Waals surface area (Å²) in [5, 5.41) is 3.60. The highest BCUT2D eigenvalue weighted by Crippen LogP contribution is 2.26. The smallest absolute Gasteiger partial charge is 0.0305 e. The van der Waals surface area contributed by atoms with Gasteiger partial charge in [0, 0.05) is 22.3 Å². The molecule has 0 aliphatic heterocycles. The van der Waals surface area contributed by atoms with E-state index in [-0.39, 0.29) is 0 Å². The van der Waals surface area contributed by atoms with E-state index in [2.05, 4.69) is 63.3 Å². The van der Waals surface area contributed by atoms with E-state index in [0.717, 1.165) is 6.54 Å². The van der Waals surface area contributed by atoms with Crippen LogP contribution in [0.5, 0.6) is 0 Å². The van der Waals surface area contributed by atoms with Crippen LogP contribution in [0.4, 0.5) is 0 Å². The van der Waals surface area contributed by atoms with Gasteiger partial charge in [0.1, 0.15) is 0 Å². The normalized spacial score (nSPS) is 12.7. The van der Waals surface area contributed by atoms with Gasteiger partial charge in [0.15, 0.2) is 0 Å². The van der Waals surface area contributed by atoms with Crippen molar-refractivity contribution >= 4 is 11.3 Å². The Bertz CT molecular complexity index is 510. The Labute approximate surface area is 114 Å². The molecule has 96 valence electrons. The number of hydrogen-bond acceptors (Lipinski definition) is 2. The van der Waals surface area contributed by atoms with Gasteiger partial charge in [-0.2, -0.15) is 0 Å². The molecule has 0 saturated carbocycles. The van der Waals surface area contributed by atoms with Crippen LogP contribution in [0, 0.1) is 20.8 Å². The SMILES string of the molecule is Cc1ccc(CNC(C)c2cc(C)sc2C)cc1. The van der Waals surface area contributed by atoms with Crippen LogP contribution in [0.25, 0.3) is 0 Å². The van der Waals surface area contributed by atoms with Gasteiger partial charge in [-0.25, -0.2) is 0 Å². The number of benzene rings is 1. The van der Waals surface area contributed by atoms with E-state index in [1.165, 1.54) is 26.4 Å². The fourth-order valence-corrected chi connectivity index (χ4v) is 3.19. The molecule has 1 nitrogen and oxygen atoms in total. The number of nitrogens with one attached hydrogen (secondary N) is 1. The summed E-state index contributed by atoms with van der Waals surface area (Å²) in [4.78, 5) is 2.82. The van der Waals surface area contributed by atoms with Crippen LogP contribution >= 0.6 is 11.3 Å². The van der Waals surface area contributed by atoms with Crippen LogP contribution in [0.2, 0.25) is 0 Å². The van der Waals surface area contributed by atoms with E-state index >= 15 is 0 Å². The van der Waals surface area contributed by atoms with Gasteiger partial charge in [-0.15, -0.1) is 11.3 Å². The molecular formula is C16H21NS. The van der Waals surface area contributed by atoms with Crippen molar-refractivity contribution in [2.45, 2.75) is 40.3 Å². The fraction of sp³-hybridized carbons (Fsp3) is 0.375. The molecule has 0 spiro atoms. The van der Waals surface area contributed by atoms with Crippen molar-refractivity contribution in [1.82, 2.24) is 5.32 Å². The van der Waals surface area contributed by atoms with Crippen molar-refractivity contribution in [2.24, 2.45) is 0 Å². The highest BCUT2D eigenvalue weighted by molar-refractivity contribution is 7.12.